The number of aromatic amines is 2. The van der Waals surface area contributed by atoms with Gasteiger partial charge in [-0.15, -0.1) is 0 Å². The average molecular weight is 513 g/mol. The minimum absolute atomic E-state index is 0.209. The van der Waals surface area contributed by atoms with Gasteiger partial charge < -0.3 is 14.9 Å². The van der Waals surface area contributed by atoms with Gasteiger partial charge in [-0.2, -0.15) is 5.10 Å². The average Bonchev–Trinajstić information content (AvgIpc) is 3.71. The Morgan fingerprint density at radius 2 is 1.82 bits per heavy atom. The second-order valence-electron chi connectivity index (χ2n) is 9.03. The van der Waals surface area contributed by atoms with Crippen molar-refractivity contribution in [1.82, 2.24) is 44.7 Å². The third-order valence-electron chi connectivity index (χ3n) is 6.36. The van der Waals surface area contributed by atoms with Gasteiger partial charge in [0.25, 0.3) is 5.91 Å². The zero-order valence-corrected chi connectivity index (χ0v) is 20.6. The highest BCUT2D eigenvalue weighted by molar-refractivity contribution is 6.04. The predicted molar refractivity (Wildman–Crippen MR) is 146 cm³/mol. The molecule has 0 atom stereocenters. The molecule has 11 heteroatoms. The molecular weight excluding hydrogens is 492 g/mol. The van der Waals surface area contributed by atoms with E-state index in [1.165, 1.54) is 0 Å². The number of amides is 1. The molecule has 0 spiro atoms. The SMILES string of the molecule is Cc1cn(-c2cncc3[nH]c(-c4n[nH]c5cnc(-c6cncc(NC(=O)c7ccccc7)c6)cc45)nc23)cn1. The first-order chi connectivity index (χ1) is 19.1. The van der Waals surface area contributed by atoms with Crippen molar-refractivity contribution < 1.29 is 4.79 Å². The minimum atomic E-state index is -0.209. The molecule has 7 aromatic rings. The second kappa shape index (κ2) is 8.99. The van der Waals surface area contributed by atoms with Crippen molar-refractivity contribution in [2.24, 2.45) is 0 Å². The van der Waals surface area contributed by atoms with E-state index in [1.54, 1.807) is 49.4 Å². The number of aryl methyl sites for hydroxylation is 1. The standard InChI is InChI=1S/C28H20N10O/c1-16-14-38(15-32-16)24-13-30-11-23-26(24)35-27(34-23)25-20-8-21(31-12-22(20)36-37-25)18-7-19(10-29-9-18)33-28(39)17-5-3-2-4-6-17/h2-15H,1H3,(H,33,39)(H,34,35)(H,36,37). The molecular formula is C28H20N10O. The number of aromatic nitrogens is 9. The fourth-order valence-electron chi connectivity index (χ4n) is 4.47. The molecule has 1 amide bonds. The number of rotatable bonds is 5. The number of carbonyl (C=O) groups is 1. The molecule has 1 aromatic carbocycles. The maximum atomic E-state index is 12.6. The fraction of sp³-hybridized carbons (Fsp3) is 0.0357. The quantitative estimate of drug-likeness (QED) is 0.303. The predicted octanol–water partition coefficient (Wildman–Crippen LogP) is 4.70. The molecule has 6 aromatic heterocycles. The van der Waals surface area contributed by atoms with Crippen LogP contribution in [0.2, 0.25) is 0 Å². The van der Waals surface area contributed by atoms with Gasteiger partial charge in [0.05, 0.1) is 64.9 Å². The molecule has 0 aliphatic carbocycles. The van der Waals surface area contributed by atoms with Gasteiger partial charge in [-0.1, -0.05) is 18.2 Å². The highest BCUT2D eigenvalue weighted by Crippen LogP contribution is 2.30. The van der Waals surface area contributed by atoms with Gasteiger partial charge in [0.2, 0.25) is 0 Å². The van der Waals surface area contributed by atoms with Crippen molar-refractivity contribution in [2.75, 3.05) is 5.32 Å². The van der Waals surface area contributed by atoms with E-state index in [0.717, 1.165) is 38.9 Å². The van der Waals surface area contributed by atoms with Gasteiger partial charge in [0.1, 0.15) is 11.2 Å². The lowest BCUT2D eigenvalue weighted by Crippen LogP contribution is -2.11. The molecule has 11 nitrogen and oxygen atoms in total. The largest absolute Gasteiger partial charge is 0.335 e. The smallest absolute Gasteiger partial charge is 0.255 e. The van der Waals surface area contributed by atoms with Crippen molar-refractivity contribution in [2.45, 2.75) is 6.92 Å². The Kier molecular flexibility index (Phi) is 5.18. The number of anilines is 1. The highest BCUT2D eigenvalue weighted by atomic mass is 16.1. The zero-order valence-electron chi connectivity index (χ0n) is 20.6. The van der Waals surface area contributed by atoms with Crippen LogP contribution in [-0.2, 0) is 0 Å². The number of H-pyrrole nitrogens is 2. The summed E-state index contributed by atoms with van der Waals surface area (Å²) in [6.45, 7) is 1.93. The number of imidazole rings is 2. The van der Waals surface area contributed by atoms with Crippen molar-refractivity contribution in [1.29, 1.82) is 0 Å². The number of fused-ring (bicyclic) bond motifs is 2. The molecule has 0 saturated carbocycles. The summed E-state index contributed by atoms with van der Waals surface area (Å²) in [5.74, 6) is 0.390. The zero-order chi connectivity index (χ0) is 26.3. The van der Waals surface area contributed by atoms with E-state index in [1.807, 2.05) is 48.0 Å². The molecule has 39 heavy (non-hydrogen) atoms. The summed E-state index contributed by atoms with van der Waals surface area (Å²) < 4.78 is 1.90. The molecule has 0 aliphatic heterocycles. The maximum Gasteiger partial charge on any atom is 0.255 e. The maximum absolute atomic E-state index is 12.6. The van der Waals surface area contributed by atoms with Crippen LogP contribution in [0.5, 0.6) is 0 Å². The van der Waals surface area contributed by atoms with E-state index in [0.29, 0.717) is 28.5 Å². The molecule has 188 valence electrons. The van der Waals surface area contributed by atoms with E-state index >= 15 is 0 Å². The van der Waals surface area contributed by atoms with Crippen LogP contribution >= 0.6 is 0 Å². The monoisotopic (exact) mass is 512 g/mol. The van der Waals surface area contributed by atoms with Crippen molar-refractivity contribution >= 4 is 33.5 Å². The minimum Gasteiger partial charge on any atom is -0.335 e. The van der Waals surface area contributed by atoms with Crippen LogP contribution in [-0.4, -0.2) is 50.6 Å². The number of benzene rings is 1. The van der Waals surface area contributed by atoms with Crippen molar-refractivity contribution in [3.05, 3.63) is 97.2 Å². The number of nitrogens with zero attached hydrogens (tertiary/aromatic N) is 7. The van der Waals surface area contributed by atoms with Crippen LogP contribution in [0.25, 0.3) is 50.4 Å². The Balaban J connectivity index is 1.25. The summed E-state index contributed by atoms with van der Waals surface area (Å²) in [5, 5.41) is 11.3. The molecule has 0 bridgehead atoms. The summed E-state index contributed by atoms with van der Waals surface area (Å²) >= 11 is 0. The first kappa shape index (κ1) is 22.5. The van der Waals surface area contributed by atoms with Gasteiger partial charge in [-0.3, -0.25) is 24.8 Å². The molecule has 6 heterocycles. The third-order valence-corrected chi connectivity index (χ3v) is 6.36. The third kappa shape index (κ3) is 4.07. The molecule has 0 aliphatic rings. The van der Waals surface area contributed by atoms with E-state index < -0.39 is 0 Å². The van der Waals surface area contributed by atoms with Crippen LogP contribution < -0.4 is 5.32 Å². The summed E-state index contributed by atoms with van der Waals surface area (Å²) in [4.78, 5) is 38.4. The van der Waals surface area contributed by atoms with Crippen LogP contribution in [0.1, 0.15) is 16.1 Å². The number of nitrogens with one attached hydrogen (secondary N) is 3. The van der Waals surface area contributed by atoms with Crippen molar-refractivity contribution in [3.63, 3.8) is 0 Å². The van der Waals surface area contributed by atoms with E-state index in [-0.39, 0.29) is 5.91 Å². The molecule has 0 radical (unpaired) electrons. The lowest BCUT2D eigenvalue weighted by molar-refractivity contribution is 0.102. The van der Waals surface area contributed by atoms with Crippen LogP contribution in [0, 0.1) is 6.92 Å². The van der Waals surface area contributed by atoms with Crippen LogP contribution in [0.3, 0.4) is 0 Å². The van der Waals surface area contributed by atoms with Gasteiger partial charge in [0, 0.05) is 28.9 Å². The van der Waals surface area contributed by atoms with Gasteiger partial charge >= 0.3 is 0 Å². The molecule has 0 fully saturated rings. The van der Waals surface area contributed by atoms with Gasteiger partial charge in [-0.05, 0) is 31.2 Å². The summed E-state index contributed by atoms with van der Waals surface area (Å²) in [5.41, 5.74) is 7.25. The lowest BCUT2D eigenvalue weighted by Gasteiger charge is -2.07. The summed E-state index contributed by atoms with van der Waals surface area (Å²) in [6, 6.07) is 12.8. The summed E-state index contributed by atoms with van der Waals surface area (Å²) in [7, 11) is 0. The highest BCUT2D eigenvalue weighted by Gasteiger charge is 2.17. The number of hydrogen-bond donors (Lipinski definition) is 3. The van der Waals surface area contributed by atoms with E-state index in [9.17, 15) is 4.79 Å². The normalized spacial score (nSPS) is 11.3. The number of carbonyl (C=O) groups excluding carboxylic acids is 1. The van der Waals surface area contributed by atoms with E-state index in [4.69, 9.17) is 4.98 Å². The van der Waals surface area contributed by atoms with Gasteiger partial charge in [-0.25, -0.2) is 9.97 Å². The Labute approximate surface area is 221 Å². The Hall–Kier alpha value is -5.71. The Bertz CT molecular complexity index is 1990. The molecule has 7 rings (SSSR count). The molecule has 3 N–H and O–H groups in total. The summed E-state index contributed by atoms with van der Waals surface area (Å²) in [6.07, 6.45) is 12.2. The first-order valence-electron chi connectivity index (χ1n) is 12.1. The Morgan fingerprint density at radius 3 is 2.67 bits per heavy atom. The Morgan fingerprint density at radius 1 is 0.949 bits per heavy atom. The van der Waals surface area contributed by atoms with Crippen LogP contribution in [0.4, 0.5) is 5.69 Å². The topological polar surface area (TPSA) is 143 Å². The number of pyridine rings is 3. The molecule has 0 unspecified atom stereocenters. The first-order valence-corrected chi connectivity index (χ1v) is 12.1. The van der Waals surface area contributed by atoms with E-state index in [2.05, 4.69) is 40.4 Å². The second-order valence-corrected chi connectivity index (χ2v) is 9.03. The fourth-order valence-corrected chi connectivity index (χ4v) is 4.47. The lowest BCUT2D eigenvalue weighted by atomic mass is 10.1. The van der Waals surface area contributed by atoms with Crippen LogP contribution in [0.15, 0.2) is 86.0 Å². The molecule has 0 saturated heterocycles. The van der Waals surface area contributed by atoms with Gasteiger partial charge in [0.15, 0.2) is 5.82 Å². The number of hydrogen-bond acceptors (Lipinski definition) is 7. The van der Waals surface area contributed by atoms with Crippen molar-refractivity contribution in [3.8, 4) is 28.5 Å².